The highest BCUT2D eigenvalue weighted by Crippen LogP contribution is 2.60. The van der Waals surface area contributed by atoms with Gasteiger partial charge >= 0.3 is 33.3 Å². The predicted molar refractivity (Wildman–Crippen MR) is 273 cm³/mol. The average Bonchev–Trinajstić information content (AvgIpc) is 3.32. The first kappa shape index (κ1) is 65.3. The number of cyclic esters (lactones) is 1. The summed E-state index contributed by atoms with van der Waals surface area (Å²) < 4.78 is 58.8. The van der Waals surface area contributed by atoms with Crippen molar-refractivity contribution in [2.75, 3.05) is 25.6 Å². The molecule has 0 spiro atoms. The largest absolute Gasteiger partial charge is 0.481 e. The van der Waals surface area contributed by atoms with E-state index in [0.29, 0.717) is 19.3 Å². The molecule has 0 radical (unpaired) electrons. The highest BCUT2D eigenvalue weighted by Gasteiger charge is 2.45. The number of phosphoric acid groups is 2. The van der Waals surface area contributed by atoms with Crippen molar-refractivity contribution in [3.63, 3.8) is 0 Å². The predicted octanol–water partition coefficient (Wildman–Crippen LogP) is 6.64. The summed E-state index contributed by atoms with van der Waals surface area (Å²) in [5, 5.41) is 57.5. The standard InChI is InChI=1S/C50H87N3O19P2/c1-4-5-16-22-36(54)26-27-39-41(56)31-42(57)40-30-37(55)23-19-20-24-45(58)67-32-38(70-46(59)25-18-15-13-11-9-7-6-8-10-12-14-17-21-35(2)3)33-68-73(63,64)72-74(65,66)69-34-43(48(61)47(39)60)71-49(40)53-29-28-44(51)52-50(53)62/h26-29,35-36,38-43,47-49,54,56-57,60-61H,4-25,30-34H2,1-3H3,(H,63,64)(H,65,66)(H2,51,52,62)/b27-26+/t36-,38+,39-,40-,41+,42-,43+,47-,48+,49+/m0/s1. The van der Waals surface area contributed by atoms with Crippen LogP contribution in [0.3, 0.4) is 0 Å². The van der Waals surface area contributed by atoms with E-state index >= 15 is 0 Å². The van der Waals surface area contributed by atoms with Crippen LogP contribution in [0.4, 0.5) is 5.82 Å². The van der Waals surface area contributed by atoms with Gasteiger partial charge in [-0.25, -0.2) is 13.9 Å². The fraction of sp³-hybridized carbons (Fsp3) is 0.820. The number of esters is 2. The van der Waals surface area contributed by atoms with Crippen molar-refractivity contribution in [2.24, 2.45) is 17.8 Å². The van der Waals surface area contributed by atoms with Crippen LogP contribution < -0.4 is 11.4 Å². The van der Waals surface area contributed by atoms with Crippen molar-refractivity contribution in [2.45, 2.75) is 224 Å². The van der Waals surface area contributed by atoms with Gasteiger partial charge in [0.15, 0.2) is 6.10 Å². The molecule has 22 nitrogen and oxygen atoms in total. The van der Waals surface area contributed by atoms with E-state index in [2.05, 4.69) is 23.1 Å². The number of nitrogen functional groups attached to an aromatic ring is 1. The van der Waals surface area contributed by atoms with Gasteiger partial charge in [-0.2, -0.15) is 9.29 Å². The number of aliphatic hydroxyl groups is 5. The van der Waals surface area contributed by atoms with Crippen LogP contribution in [0.2, 0.25) is 0 Å². The SMILES string of the molecule is CCCCC[C@H](O)/C=C/[C@@H]1[C@H](O)[C@H](O)[C@H]2COP(=O)(O)OP(=O)(O)OC[C@H](OC(=O)CCCCCCCCCCCCCCC(C)C)COC(=O)CCCCC(=O)C[C@H]([C@H](n3ccc(N)nc3=O)O2)[C@@H](O)C[C@H]1O. The molecule has 3 heterocycles. The van der Waals surface area contributed by atoms with E-state index in [1.165, 1.54) is 63.2 Å². The molecular formula is C50H87N3O19P2. The molecule has 2 aliphatic rings. The maximum absolute atomic E-state index is 13.7. The molecule has 0 aromatic carbocycles. The van der Waals surface area contributed by atoms with Crippen LogP contribution in [0.15, 0.2) is 29.2 Å². The number of ether oxygens (including phenoxy) is 3. The average molecular weight is 1100 g/mol. The number of ketones is 1. The quantitative estimate of drug-likeness (QED) is 0.0246. The molecule has 426 valence electrons. The van der Waals surface area contributed by atoms with Gasteiger partial charge in [-0.05, 0) is 37.7 Å². The summed E-state index contributed by atoms with van der Waals surface area (Å²) in [4.78, 5) is 78.0. The van der Waals surface area contributed by atoms with Crippen molar-refractivity contribution in [3.05, 3.63) is 34.9 Å². The van der Waals surface area contributed by atoms with Crippen LogP contribution in [0.25, 0.3) is 0 Å². The van der Waals surface area contributed by atoms with Crippen molar-refractivity contribution in [1.29, 1.82) is 0 Å². The lowest BCUT2D eigenvalue weighted by Gasteiger charge is -2.40. The fourth-order valence-corrected chi connectivity index (χ4v) is 11.1. The second-order valence-electron chi connectivity index (χ2n) is 20.2. The molecule has 9 N–H and O–H groups in total. The molecule has 12 atom stereocenters. The molecule has 74 heavy (non-hydrogen) atoms. The molecule has 2 fully saturated rings. The molecule has 3 rings (SSSR count). The van der Waals surface area contributed by atoms with Gasteiger partial charge in [-0.1, -0.05) is 129 Å². The number of Topliss-reactive ketones (excluding diaryl/α,β-unsaturated/α-hetero) is 1. The number of nitrogens with two attached hydrogens (primary N) is 1. The Hall–Kier alpha value is -2.95. The lowest BCUT2D eigenvalue weighted by molar-refractivity contribution is -0.196. The Morgan fingerprint density at radius 3 is 2.04 bits per heavy atom. The minimum absolute atomic E-state index is 0.0226. The van der Waals surface area contributed by atoms with Gasteiger partial charge in [0, 0.05) is 50.1 Å². The second kappa shape index (κ2) is 34.7. The van der Waals surface area contributed by atoms with Gasteiger partial charge in [0.05, 0.1) is 37.6 Å². The lowest BCUT2D eigenvalue weighted by Crippen LogP contribution is -2.52. The monoisotopic (exact) mass is 1100 g/mol. The number of carbonyl (C=O) groups is 3. The number of unbranched alkanes of at least 4 members (excludes halogenated alkanes) is 13. The summed E-state index contributed by atoms with van der Waals surface area (Å²) in [6.07, 6.45) is 5.18. The summed E-state index contributed by atoms with van der Waals surface area (Å²) in [5.74, 6) is -4.42. The normalized spacial score (nSPS) is 30.2. The number of rotatable bonds is 23. The van der Waals surface area contributed by atoms with E-state index in [1.54, 1.807) is 0 Å². The summed E-state index contributed by atoms with van der Waals surface area (Å²) in [6.45, 7) is 3.60. The van der Waals surface area contributed by atoms with Crippen molar-refractivity contribution < 1.29 is 86.4 Å². The van der Waals surface area contributed by atoms with Crippen molar-refractivity contribution in [3.8, 4) is 0 Å². The van der Waals surface area contributed by atoms with Gasteiger partial charge in [0.2, 0.25) is 0 Å². The molecule has 2 unspecified atom stereocenters. The zero-order chi connectivity index (χ0) is 54.7. The Morgan fingerprint density at radius 1 is 0.824 bits per heavy atom. The molecule has 24 heteroatoms. The number of fused-ring (bicyclic) bond motifs is 3. The first-order chi connectivity index (χ1) is 35.1. The second-order valence-corrected chi connectivity index (χ2v) is 23.2. The highest BCUT2D eigenvalue weighted by atomic mass is 31.3. The van der Waals surface area contributed by atoms with Gasteiger partial charge in [0.1, 0.15) is 36.6 Å². The lowest BCUT2D eigenvalue weighted by atomic mass is 9.82. The number of hydrogen-bond acceptors (Lipinski definition) is 19. The topological polar surface area (TPSA) is 343 Å². The highest BCUT2D eigenvalue weighted by molar-refractivity contribution is 7.61. The number of aromatic nitrogens is 2. The number of phosphoric ester groups is 2. The number of nitrogens with zero attached hydrogens (tertiary/aromatic N) is 2. The Labute approximate surface area is 435 Å². The third kappa shape index (κ3) is 25.9. The summed E-state index contributed by atoms with van der Waals surface area (Å²) >= 11 is 0. The number of hydrogen-bond donors (Lipinski definition) is 8. The minimum Gasteiger partial charge on any atom is -0.462 e. The first-order valence-electron chi connectivity index (χ1n) is 26.7. The third-order valence-electron chi connectivity index (χ3n) is 13.2. The van der Waals surface area contributed by atoms with E-state index in [9.17, 15) is 63.6 Å². The van der Waals surface area contributed by atoms with Gasteiger partial charge in [0.25, 0.3) is 0 Å². The third-order valence-corrected chi connectivity index (χ3v) is 15.8. The zero-order valence-electron chi connectivity index (χ0n) is 43.6. The molecule has 2 aliphatic heterocycles. The molecule has 0 aliphatic carbocycles. The van der Waals surface area contributed by atoms with Crippen molar-refractivity contribution >= 4 is 39.2 Å². The maximum atomic E-state index is 13.7. The first-order valence-corrected chi connectivity index (χ1v) is 29.7. The molecule has 0 saturated carbocycles. The summed E-state index contributed by atoms with van der Waals surface area (Å²) in [7, 11) is -11.4. The molecule has 0 amide bonds. The van der Waals surface area contributed by atoms with Crippen molar-refractivity contribution in [1.82, 2.24) is 9.55 Å². The Bertz CT molecular complexity index is 1990. The van der Waals surface area contributed by atoms with Crippen LogP contribution in [0, 0.1) is 17.8 Å². The van der Waals surface area contributed by atoms with Crippen LogP contribution >= 0.6 is 15.6 Å². The van der Waals surface area contributed by atoms with E-state index < -0.39 is 133 Å². The Balaban J connectivity index is 1.81. The summed E-state index contributed by atoms with van der Waals surface area (Å²) in [5.41, 5.74) is 4.67. The van der Waals surface area contributed by atoms with E-state index in [-0.39, 0.29) is 37.9 Å². The van der Waals surface area contributed by atoms with Gasteiger partial charge in [-0.15, -0.1) is 0 Å². The zero-order valence-corrected chi connectivity index (χ0v) is 45.4. The van der Waals surface area contributed by atoms with Gasteiger partial charge < -0.3 is 55.3 Å². The van der Waals surface area contributed by atoms with Crippen LogP contribution in [-0.2, 0) is 51.1 Å². The number of carbonyl (C=O) groups excluding carboxylic acids is 3. The molecule has 2 saturated heterocycles. The Morgan fingerprint density at radius 2 is 1.42 bits per heavy atom. The smallest absolute Gasteiger partial charge is 0.462 e. The maximum Gasteiger partial charge on any atom is 0.481 e. The number of aliphatic hydroxyl groups excluding tert-OH is 5. The van der Waals surface area contributed by atoms with Crippen LogP contribution in [0.1, 0.15) is 181 Å². The number of anilines is 1. The van der Waals surface area contributed by atoms with E-state index in [0.717, 1.165) is 61.6 Å². The van der Waals surface area contributed by atoms with E-state index in [1.807, 2.05) is 6.92 Å². The van der Waals surface area contributed by atoms with Crippen LogP contribution in [0.5, 0.6) is 0 Å². The minimum atomic E-state index is -5.76. The van der Waals surface area contributed by atoms with E-state index in [4.69, 9.17) is 29.0 Å². The van der Waals surface area contributed by atoms with Crippen LogP contribution in [-0.4, -0.2) is 125 Å². The van der Waals surface area contributed by atoms with Gasteiger partial charge in [-0.3, -0.25) is 28.0 Å². The fourth-order valence-electron chi connectivity index (χ4n) is 8.96. The Kier molecular flexibility index (Phi) is 30.7. The molecule has 1 aromatic heterocycles. The summed E-state index contributed by atoms with van der Waals surface area (Å²) in [6, 6.07) is 1.18. The molecular weight excluding hydrogens is 1010 g/mol. The molecule has 1 aromatic rings. The molecule has 2 bridgehead atoms.